The van der Waals surface area contributed by atoms with E-state index in [1.54, 1.807) is 23.1 Å². The number of H-pyrrole nitrogens is 1. The van der Waals surface area contributed by atoms with Crippen molar-refractivity contribution >= 4 is 16.8 Å². The Kier molecular flexibility index (Phi) is 6.21. The monoisotopic (exact) mass is 395 g/mol. The molecule has 0 fully saturated rings. The van der Waals surface area contributed by atoms with Gasteiger partial charge in [0, 0.05) is 18.7 Å². The van der Waals surface area contributed by atoms with Crippen LogP contribution >= 0.6 is 0 Å². The van der Waals surface area contributed by atoms with Gasteiger partial charge in [0.25, 0.3) is 17.0 Å². The van der Waals surface area contributed by atoms with Crippen molar-refractivity contribution in [2.24, 2.45) is 0 Å². The Hall–Kier alpha value is -3.29. The summed E-state index contributed by atoms with van der Waals surface area (Å²) in [4.78, 5) is 46.2. The predicted octanol–water partition coefficient (Wildman–Crippen LogP) is 2.33. The van der Waals surface area contributed by atoms with Crippen LogP contribution in [0.25, 0.3) is 10.9 Å². The number of aromatic amines is 1. The Bertz CT molecular complexity index is 1130. The summed E-state index contributed by atoms with van der Waals surface area (Å²) >= 11 is 0. The SMILES string of the molecule is CCCCn1nc(C(=O)N(Cc2nc3ccccc3c(=O)[nH]2)C(C)C)ccc1=O. The second-order valence-corrected chi connectivity index (χ2v) is 7.19. The van der Waals surface area contributed by atoms with Crippen LogP contribution in [0.1, 0.15) is 49.9 Å². The van der Waals surface area contributed by atoms with Crippen molar-refractivity contribution in [1.29, 1.82) is 0 Å². The van der Waals surface area contributed by atoms with Crippen LogP contribution < -0.4 is 11.1 Å². The number of fused-ring (bicyclic) bond motifs is 1. The van der Waals surface area contributed by atoms with E-state index in [4.69, 9.17) is 0 Å². The molecule has 0 aliphatic carbocycles. The first-order valence-electron chi connectivity index (χ1n) is 9.77. The summed E-state index contributed by atoms with van der Waals surface area (Å²) in [6.07, 6.45) is 1.73. The Balaban J connectivity index is 1.91. The van der Waals surface area contributed by atoms with Gasteiger partial charge < -0.3 is 9.88 Å². The minimum Gasteiger partial charge on any atom is -0.327 e. The molecule has 0 aliphatic rings. The number of aryl methyl sites for hydroxylation is 1. The molecule has 0 saturated carbocycles. The first-order chi connectivity index (χ1) is 13.9. The molecule has 29 heavy (non-hydrogen) atoms. The van der Waals surface area contributed by atoms with Crippen LogP contribution in [0.4, 0.5) is 0 Å². The summed E-state index contributed by atoms with van der Waals surface area (Å²) in [6.45, 7) is 6.39. The number of unbranched alkanes of at least 4 members (excludes halogenated alkanes) is 1. The lowest BCUT2D eigenvalue weighted by atomic mass is 10.2. The molecule has 0 atom stereocenters. The van der Waals surface area contributed by atoms with Gasteiger partial charge in [-0.1, -0.05) is 25.5 Å². The highest BCUT2D eigenvalue weighted by Crippen LogP contribution is 2.11. The number of nitrogens with one attached hydrogen (secondary N) is 1. The molecule has 0 saturated heterocycles. The van der Waals surface area contributed by atoms with Gasteiger partial charge in [0.05, 0.1) is 17.4 Å². The van der Waals surface area contributed by atoms with E-state index >= 15 is 0 Å². The molecular weight excluding hydrogens is 370 g/mol. The average molecular weight is 395 g/mol. The third-order valence-corrected chi connectivity index (χ3v) is 4.68. The van der Waals surface area contributed by atoms with Gasteiger partial charge in [-0.15, -0.1) is 0 Å². The van der Waals surface area contributed by atoms with E-state index in [0.29, 0.717) is 23.3 Å². The first kappa shape index (κ1) is 20.4. The fraction of sp³-hybridized carbons (Fsp3) is 0.381. The summed E-state index contributed by atoms with van der Waals surface area (Å²) in [7, 11) is 0. The number of nitrogens with zero attached hydrogens (tertiary/aromatic N) is 4. The van der Waals surface area contributed by atoms with Crippen LogP contribution in [-0.2, 0) is 13.1 Å². The molecule has 0 unspecified atom stereocenters. The molecule has 8 heteroatoms. The molecule has 8 nitrogen and oxygen atoms in total. The topological polar surface area (TPSA) is 101 Å². The van der Waals surface area contributed by atoms with E-state index < -0.39 is 0 Å². The predicted molar refractivity (Wildman–Crippen MR) is 111 cm³/mol. The van der Waals surface area contributed by atoms with Gasteiger partial charge in [0.1, 0.15) is 11.5 Å². The zero-order valence-electron chi connectivity index (χ0n) is 16.9. The number of para-hydroxylation sites is 1. The van der Waals surface area contributed by atoms with Gasteiger partial charge in [-0.25, -0.2) is 9.67 Å². The molecule has 3 aromatic rings. The molecule has 0 radical (unpaired) electrons. The lowest BCUT2D eigenvalue weighted by Gasteiger charge is -2.26. The molecule has 1 N–H and O–H groups in total. The zero-order chi connectivity index (χ0) is 21.0. The van der Waals surface area contributed by atoms with Crippen LogP contribution in [0.5, 0.6) is 0 Å². The van der Waals surface area contributed by atoms with Crippen molar-refractivity contribution < 1.29 is 4.79 Å². The van der Waals surface area contributed by atoms with Gasteiger partial charge in [0.2, 0.25) is 0 Å². The number of hydrogen-bond acceptors (Lipinski definition) is 5. The Morgan fingerprint density at radius 1 is 1.17 bits per heavy atom. The van der Waals surface area contributed by atoms with E-state index in [1.807, 2.05) is 26.8 Å². The van der Waals surface area contributed by atoms with Crippen LogP contribution in [0.15, 0.2) is 46.0 Å². The number of hydrogen-bond donors (Lipinski definition) is 1. The quantitative estimate of drug-likeness (QED) is 0.662. The van der Waals surface area contributed by atoms with Gasteiger partial charge in [0.15, 0.2) is 0 Å². The highest BCUT2D eigenvalue weighted by atomic mass is 16.2. The maximum Gasteiger partial charge on any atom is 0.274 e. The van der Waals surface area contributed by atoms with Gasteiger partial charge in [-0.3, -0.25) is 14.4 Å². The zero-order valence-corrected chi connectivity index (χ0v) is 16.9. The third kappa shape index (κ3) is 4.59. The number of rotatable bonds is 7. The second kappa shape index (κ2) is 8.81. The number of carbonyl (C=O) groups excluding carboxylic acids is 1. The van der Waals surface area contributed by atoms with Crippen LogP contribution in [0, 0.1) is 0 Å². The molecule has 0 spiro atoms. The molecule has 0 bridgehead atoms. The maximum absolute atomic E-state index is 13.1. The Labute approximate surface area is 168 Å². The molecule has 1 aromatic carbocycles. The van der Waals surface area contributed by atoms with Crippen LogP contribution in [-0.4, -0.2) is 36.6 Å². The lowest BCUT2D eigenvalue weighted by Crippen LogP contribution is -2.39. The summed E-state index contributed by atoms with van der Waals surface area (Å²) in [5, 5.41) is 4.75. The van der Waals surface area contributed by atoms with E-state index in [9.17, 15) is 14.4 Å². The maximum atomic E-state index is 13.1. The molecule has 1 amide bonds. The molecule has 2 heterocycles. The summed E-state index contributed by atoms with van der Waals surface area (Å²) in [5.74, 6) is 0.0797. The first-order valence-corrected chi connectivity index (χ1v) is 9.77. The normalized spacial score (nSPS) is 11.2. The van der Waals surface area contributed by atoms with E-state index in [1.165, 1.54) is 16.8 Å². The summed E-state index contributed by atoms with van der Waals surface area (Å²) < 4.78 is 1.32. The highest BCUT2D eigenvalue weighted by Gasteiger charge is 2.22. The number of benzene rings is 1. The minimum atomic E-state index is -0.318. The fourth-order valence-electron chi connectivity index (χ4n) is 3.04. The van der Waals surface area contributed by atoms with E-state index in [2.05, 4.69) is 15.1 Å². The van der Waals surface area contributed by atoms with E-state index in [0.717, 1.165) is 12.8 Å². The average Bonchev–Trinajstić information content (AvgIpc) is 2.71. The number of aromatic nitrogens is 4. The lowest BCUT2D eigenvalue weighted by molar-refractivity contribution is 0.0676. The largest absolute Gasteiger partial charge is 0.327 e. The van der Waals surface area contributed by atoms with Gasteiger partial charge in [-0.05, 0) is 38.5 Å². The van der Waals surface area contributed by atoms with E-state index in [-0.39, 0.29) is 35.3 Å². The molecule has 3 rings (SSSR count). The molecule has 152 valence electrons. The minimum absolute atomic E-state index is 0.131. The molecular formula is C21H25N5O3. The summed E-state index contributed by atoms with van der Waals surface area (Å²) in [6, 6.07) is 9.72. The van der Waals surface area contributed by atoms with Crippen molar-refractivity contribution in [2.45, 2.75) is 52.7 Å². The van der Waals surface area contributed by atoms with Crippen LogP contribution in [0.3, 0.4) is 0 Å². The third-order valence-electron chi connectivity index (χ3n) is 4.68. The smallest absolute Gasteiger partial charge is 0.274 e. The number of amides is 1. The van der Waals surface area contributed by atoms with Crippen molar-refractivity contribution in [3.63, 3.8) is 0 Å². The van der Waals surface area contributed by atoms with Crippen molar-refractivity contribution in [2.75, 3.05) is 0 Å². The highest BCUT2D eigenvalue weighted by molar-refractivity contribution is 5.92. The van der Waals surface area contributed by atoms with Crippen molar-refractivity contribution in [1.82, 2.24) is 24.6 Å². The molecule has 0 aliphatic heterocycles. The van der Waals surface area contributed by atoms with Crippen LogP contribution in [0.2, 0.25) is 0 Å². The Morgan fingerprint density at radius 2 is 1.93 bits per heavy atom. The fourth-order valence-corrected chi connectivity index (χ4v) is 3.04. The van der Waals surface area contributed by atoms with Crippen molar-refractivity contribution in [3.05, 3.63) is 68.6 Å². The van der Waals surface area contributed by atoms with Gasteiger partial charge >= 0.3 is 0 Å². The van der Waals surface area contributed by atoms with Crippen molar-refractivity contribution in [3.8, 4) is 0 Å². The molecule has 2 aromatic heterocycles. The Morgan fingerprint density at radius 3 is 2.66 bits per heavy atom. The number of carbonyl (C=O) groups is 1. The summed E-state index contributed by atoms with van der Waals surface area (Å²) in [5.41, 5.74) is 0.297. The van der Waals surface area contributed by atoms with Gasteiger partial charge in [-0.2, -0.15) is 5.10 Å². The second-order valence-electron chi connectivity index (χ2n) is 7.19. The standard InChI is InChI=1S/C21H25N5O3/c1-4-5-12-26-19(27)11-10-17(24-26)21(29)25(14(2)3)13-18-22-16-9-7-6-8-15(16)20(28)23-18/h6-11,14H,4-5,12-13H2,1-3H3,(H,22,23,28).